The molecule has 0 amide bonds. The van der Waals surface area contributed by atoms with Crippen LogP contribution in [0.15, 0.2) is 46.8 Å². The van der Waals surface area contributed by atoms with E-state index in [0.717, 1.165) is 22.3 Å². The Morgan fingerprint density at radius 1 is 1.15 bits per heavy atom. The molecule has 2 aromatic heterocycles. The summed E-state index contributed by atoms with van der Waals surface area (Å²) in [6, 6.07) is 11.3. The van der Waals surface area contributed by atoms with Crippen molar-refractivity contribution in [3.8, 4) is 5.88 Å². The lowest BCUT2D eigenvalue weighted by atomic mass is 10.1. The van der Waals surface area contributed by atoms with Crippen LogP contribution in [0.4, 0.5) is 0 Å². The van der Waals surface area contributed by atoms with E-state index in [1.165, 1.54) is 11.3 Å². The van der Waals surface area contributed by atoms with E-state index < -0.39 is 10.0 Å². The Labute approximate surface area is 162 Å². The zero-order chi connectivity index (χ0) is 18.9. The number of rotatable bonds is 5. The van der Waals surface area contributed by atoms with Crippen LogP contribution < -0.4 is 4.74 Å². The van der Waals surface area contributed by atoms with Gasteiger partial charge in [0.05, 0.1) is 17.2 Å². The van der Waals surface area contributed by atoms with Crippen LogP contribution >= 0.6 is 11.3 Å². The number of para-hydroxylation sites is 2. The molecule has 0 aliphatic carbocycles. The van der Waals surface area contributed by atoms with Gasteiger partial charge in [-0.05, 0) is 43.5 Å². The molecule has 0 bridgehead atoms. The average molecular weight is 404 g/mol. The van der Waals surface area contributed by atoms with Gasteiger partial charge in [0, 0.05) is 18.0 Å². The van der Waals surface area contributed by atoms with Gasteiger partial charge in [0.25, 0.3) is 10.0 Å². The Bertz CT molecular complexity index is 1040. The topological polar surface area (TPSA) is 72.4 Å². The van der Waals surface area contributed by atoms with Crippen molar-refractivity contribution in [3.63, 3.8) is 0 Å². The Balaban J connectivity index is 1.40. The fraction of sp³-hybridized carbons (Fsp3) is 0.368. The zero-order valence-electron chi connectivity index (χ0n) is 15.0. The molecule has 4 rings (SSSR count). The number of sulfonamides is 1. The minimum atomic E-state index is -3.41. The predicted octanol–water partition coefficient (Wildman–Crippen LogP) is 3.49. The van der Waals surface area contributed by atoms with Crippen molar-refractivity contribution >= 4 is 32.4 Å². The Hall–Kier alpha value is -2.03. The standard InChI is InChI=1S/C19H21N3O3S2/c1-2-15-7-8-19(26-15)27(23,24)22-11-9-14(10-12-22)25-18-13-20-16-5-3-4-6-17(16)21-18/h3-8,13-14H,2,9-12H2,1H3. The minimum absolute atomic E-state index is 0.0542. The van der Waals surface area contributed by atoms with Gasteiger partial charge in [-0.15, -0.1) is 11.3 Å². The van der Waals surface area contributed by atoms with Crippen LogP contribution in [0.3, 0.4) is 0 Å². The summed E-state index contributed by atoms with van der Waals surface area (Å²) in [6.45, 7) is 2.93. The summed E-state index contributed by atoms with van der Waals surface area (Å²) in [4.78, 5) is 9.93. The van der Waals surface area contributed by atoms with Crippen molar-refractivity contribution in [1.29, 1.82) is 0 Å². The maximum absolute atomic E-state index is 12.8. The second kappa shape index (κ2) is 7.53. The van der Waals surface area contributed by atoms with Crippen molar-refractivity contribution in [1.82, 2.24) is 14.3 Å². The van der Waals surface area contributed by atoms with Crippen LogP contribution in [0, 0.1) is 0 Å². The normalized spacial score (nSPS) is 16.6. The summed E-state index contributed by atoms with van der Waals surface area (Å²) < 4.78 is 33.6. The highest BCUT2D eigenvalue weighted by molar-refractivity contribution is 7.91. The highest BCUT2D eigenvalue weighted by Crippen LogP contribution is 2.28. The molecule has 1 fully saturated rings. The fourth-order valence-electron chi connectivity index (χ4n) is 3.17. The van der Waals surface area contributed by atoms with Gasteiger partial charge in [0.15, 0.2) is 0 Å². The van der Waals surface area contributed by atoms with Gasteiger partial charge in [-0.1, -0.05) is 19.1 Å². The molecule has 0 unspecified atom stereocenters. The van der Waals surface area contributed by atoms with Gasteiger partial charge < -0.3 is 4.74 Å². The summed E-state index contributed by atoms with van der Waals surface area (Å²) in [5, 5.41) is 0. The number of ether oxygens (including phenoxy) is 1. The van der Waals surface area contributed by atoms with Crippen molar-refractivity contribution in [3.05, 3.63) is 47.5 Å². The lowest BCUT2D eigenvalue weighted by molar-refractivity contribution is 0.130. The zero-order valence-corrected chi connectivity index (χ0v) is 16.7. The van der Waals surface area contributed by atoms with Gasteiger partial charge in [-0.2, -0.15) is 4.31 Å². The molecule has 0 saturated carbocycles. The largest absolute Gasteiger partial charge is 0.473 e. The molecular formula is C19H21N3O3S2. The second-order valence-electron chi connectivity index (χ2n) is 6.49. The van der Waals surface area contributed by atoms with Gasteiger partial charge in [-0.25, -0.2) is 18.4 Å². The first-order valence-corrected chi connectivity index (χ1v) is 11.3. The summed E-state index contributed by atoms with van der Waals surface area (Å²) in [6.07, 6.45) is 3.70. The third-order valence-electron chi connectivity index (χ3n) is 4.69. The van der Waals surface area contributed by atoms with Gasteiger partial charge >= 0.3 is 0 Å². The van der Waals surface area contributed by atoms with E-state index in [1.807, 2.05) is 37.3 Å². The van der Waals surface area contributed by atoms with Crippen molar-refractivity contribution in [2.24, 2.45) is 0 Å². The third kappa shape index (κ3) is 3.83. The number of benzene rings is 1. The number of aromatic nitrogens is 2. The number of nitrogens with zero attached hydrogens (tertiary/aromatic N) is 3. The number of thiophene rings is 1. The summed E-state index contributed by atoms with van der Waals surface area (Å²) >= 11 is 1.36. The van der Waals surface area contributed by atoms with E-state index >= 15 is 0 Å². The SMILES string of the molecule is CCc1ccc(S(=O)(=O)N2CCC(Oc3cnc4ccccc4n3)CC2)s1. The highest BCUT2D eigenvalue weighted by Gasteiger charge is 2.31. The highest BCUT2D eigenvalue weighted by atomic mass is 32.2. The third-order valence-corrected chi connectivity index (χ3v) is 8.29. The molecule has 142 valence electrons. The van der Waals surface area contributed by atoms with Crippen molar-refractivity contribution in [2.45, 2.75) is 36.5 Å². The molecule has 0 N–H and O–H groups in total. The van der Waals surface area contributed by atoms with Crippen molar-refractivity contribution in [2.75, 3.05) is 13.1 Å². The second-order valence-corrected chi connectivity index (χ2v) is 9.83. The molecule has 0 spiro atoms. The number of aryl methyl sites for hydroxylation is 1. The quantitative estimate of drug-likeness (QED) is 0.652. The number of hydrogen-bond donors (Lipinski definition) is 0. The molecule has 0 radical (unpaired) electrons. The lowest BCUT2D eigenvalue weighted by Crippen LogP contribution is -2.41. The van der Waals surface area contributed by atoms with E-state index in [9.17, 15) is 8.42 Å². The molecule has 0 atom stereocenters. The molecular weight excluding hydrogens is 382 g/mol. The van der Waals surface area contributed by atoms with E-state index in [1.54, 1.807) is 16.6 Å². The first-order valence-electron chi connectivity index (χ1n) is 9.03. The minimum Gasteiger partial charge on any atom is -0.473 e. The molecule has 1 aliphatic rings. The van der Waals surface area contributed by atoms with Crippen LogP contribution in [0.25, 0.3) is 11.0 Å². The number of fused-ring (bicyclic) bond motifs is 1. The van der Waals surface area contributed by atoms with Crippen LogP contribution in [0.1, 0.15) is 24.6 Å². The van der Waals surface area contributed by atoms with Crippen LogP contribution in [0.5, 0.6) is 5.88 Å². The molecule has 8 heteroatoms. The summed E-state index contributed by atoms with van der Waals surface area (Å²) in [5.41, 5.74) is 1.62. The Morgan fingerprint density at radius 3 is 2.59 bits per heavy atom. The summed E-state index contributed by atoms with van der Waals surface area (Å²) in [7, 11) is -3.41. The number of hydrogen-bond acceptors (Lipinski definition) is 6. The van der Waals surface area contributed by atoms with E-state index in [-0.39, 0.29) is 6.10 Å². The van der Waals surface area contributed by atoms with Crippen LogP contribution in [0.2, 0.25) is 0 Å². The molecule has 1 saturated heterocycles. The molecule has 3 aromatic rings. The molecule has 1 aliphatic heterocycles. The monoisotopic (exact) mass is 403 g/mol. The maximum atomic E-state index is 12.8. The van der Waals surface area contributed by atoms with E-state index in [4.69, 9.17) is 4.74 Å². The van der Waals surface area contributed by atoms with Gasteiger partial charge in [0.1, 0.15) is 10.3 Å². The van der Waals surface area contributed by atoms with Gasteiger partial charge in [-0.3, -0.25) is 0 Å². The van der Waals surface area contributed by atoms with Crippen molar-refractivity contribution < 1.29 is 13.2 Å². The van der Waals surface area contributed by atoms with Crippen LogP contribution in [-0.2, 0) is 16.4 Å². The molecule has 3 heterocycles. The van der Waals surface area contributed by atoms with E-state index in [0.29, 0.717) is 36.0 Å². The van der Waals surface area contributed by atoms with Gasteiger partial charge in [0.2, 0.25) is 5.88 Å². The lowest BCUT2D eigenvalue weighted by Gasteiger charge is -2.30. The van der Waals surface area contributed by atoms with E-state index in [2.05, 4.69) is 9.97 Å². The first-order chi connectivity index (χ1) is 13.1. The van der Waals surface area contributed by atoms with Crippen LogP contribution in [-0.4, -0.2) is 41.9 Å². The fourth-order valence-corrected chi connectivity index (χ4v) is 6.09. The smallest absolute Gasteiger partial charge is 0.252 e. The summed E-state index contributed by atoms with van der Waals surface area (Å²) in [5.74, 6) is 0.487. The Kier molecular flexibility index (Phi) is 5.12. The first kappa shape index (κ1) is 18.3. The Morgan fingerprint density at radius 2 is 1.89 bits per heavy atom. The maximum Gasteiger partial charge on any atom is 0.252 e. The molecule has 1 aromatic carbocycles. The number of piperidine rings is 1. The predicted molar refractivity (Wildman–Crippen MR) is 106 cm³/mol. The molecule has 6 nitrogen and oxygen atoms in total. The molecule has 27 heavy (non-hydrogen) atoms. The average Bonchev–Trinajstić information content (AvgIpc) is 3.18.